The van der Waals surface area contributed by atoms with E-state index in [1.807, 2.05) is 40.8 Å². The highest BCUT2D eigenvalue weighted by molar-refractivity contribution is 6.35. The van der Waals surface area contributed by atoms with E-state index in [0.29, 0.717) is 17.3 Å². The molecule has 0 aliphatic carbocycles. The van der Waals surface area contributed by atoms with E-state index in [9.17, 15) is 9.90 Å². The first-order valence-corrected chi connectivity index (χ1v) is 9.69. The normalized spacial score (nSPS) is 27.4. The van der Waals surface area contributed by atoms with Gasteiger partial charge in [0.25, 0.3) is 5.91 Å². The Morgan fingerprint density at radius 1 is 1.27 bits per heavy atom. The molecule has 26 heavy (non-hydrogen) atoms. The Morgan fingerprint density at radius 2 is 2.08 bits per heavy atom. The van der Waals surface area contributed by atoms with Gasteiger partial charge in [-0.25, -0.2) is 0 Å². The van der Waals surface area contributed by atoms with Gasteiger partial charge in [0.1, 0.15) is 5.69 Å². The molecule has 1 aromatic heterocycles. The number of benzene rings is 1. The van der Waals surface area contributed by atoms with Crippen molar-refractivity contribution in [3.8, 4) is 0 Å². The maximum absolute atomic E-state index is 13.3. The molecule has 2 aliphatic rings. The van der Waals surface area contributed by atoms with Gasteiger partial charge in [0, 0.05) is 44.0 Å². The van der Waals surface area contributed by atoms with Crippen molar-refractivity contribution in [3.63, 3.8) is 0 Å². The molecule has 4 rings (SSSR count). The summed E-state index contributed by atoms with van der Waals surface area (Å²) in [6, 6.07) is 7.66. The van der Waals surface area contributed by atoms with Gasteiger partial charge in [-0.05, 0) is 38.4 Å². The fourth-order valence-electron chi connectivity index (χ4n) is 4.84. The molecule has 1 spiro atoms. The lowest BCUT2D eigenvalue weighted by molar-refractivity contribution is -0.0732. The Balaban J connectivity index is 1.64. The second-order valence-electron chi connectivity index (χ2n) is 8.00. The zero-order valence-corrected chi connectivity index (χ0v) is 16.2. The Kier molecular flexibility index (Phi) is 4.49. The monoisotopic (exact) mass is 375 g/mol. The van der Waals surface area contributed by atoms with Gasteiger partial charge in [0.05, 0.1) is 16.6 Å². The molecule has 0 radical (unpaired) electrons. The zero-order valence-electron chi connectivity index (χ0n) is 15.4. The quantitative estimate of drug-likeness (QED) is 0.833. The molecule has 2 aromatic rings. The molecular formula is C20H26ClN3O2. The van der Waals surface area contributed by atoms with Crippen LogP contribution in [-0.4, -0.2) is 64.7 Å². The molecule has 1 amide bonds. The highest BCUT2D eigenvalue weighted by atomic mass is 35.5. The number of nitrogens with zero attached hydrogens (tertiary/aromatic N) is 3. The molecule has 6 heteroatoms. The minimum atomic E-state index is -0.337. The van der Waals surface area contributed by atoms with Gasteiger partial charge < -0.3 is 19.5 Å². The van der Waals surface area contributed by atoms with Crippen LogP contribution in [0.3, 0.4) is 0 Å². The Labute approximate surface area is 159 Å². The number of aryl methyl sites for hydroxylation is 1. The third-order valence-corrected chi connectivity index (χ3v) is 6.50. The van der Waals surface area contributed by atoms with Crippen LogP contribution in [0, 0.1) is 5.41 Å². The molecule has 2 fully saturated rings. The minimum Gasteiger partial charge on any atom is -0.392 e. The Hall–Kier alpha value is -1.56. The van der Waals surface area contributed by atoms with Crippen LogP contribution in [0.25, 0.3) is 10.9 Å². The summed E-state index contributed by atoms with van der Waals surface area (Å²) in [4.78, 5) is 17.5. The van der Waals surface area contributed by atoms with Crippen molar-refractivity contribution >= 4 is 28.4 Å². The van der Waals surface area contributed by atoms with E-state index < -0.39 is 0 Å². The number of aromatic nitrogens is 1. The molecule has 5 nitrogen and oxygen atoms in total. The van der Waals surface area contributed by atoms with Crippen LogP contribution in [0.4, 0.5) is 0 Å². The molecule has 140 valence electrons. The van der Waals surface area contributed by atoms with Crippen molar-refractivity contribution in [2.45, 2.75) is 25.4 Å². The summed E-state index contributed by atoms with van der Waals surface area (Å²) < 4.78 is 1.89. The van der Waals surface area contributed by atoms with E-state index in [2.05, 4.69) is 11.9 Å². The highest BCUT2D eigenvalue weighted by Gasteiger charge is 2.45. The number of hydrogen-bond donors (Lipinski definition) is 1. The minimum absolute atomic E-state index is 0.0271. The number of amides is 1. The van der Waals surface area contributed by atoms with Gasteiger partial charge in [-0.1, -0.05) is 23.7 Å². The predicted octanol–water partition coefficient (Wildman–Crippen LogP) is 2.75. The summed E-state index contributed by atoms with van der Waals surface area (Å²) in [5.74, 6) is 0.0271. The third kappa shape index (κ3) is 2.82. The van der Waals surface area contributed by atoms with Crippen molar-refractivity contribution in [1.29, 1.82) is 0 Å². The summed E-state index contributed by atoms with van der Waals surface area (Å²) >= 11 is 6.33. The van der Waals surface area contributed by atoms with Crippen molar-refractivity contribution < 1.29 is 9.90 Å². The lowest BCUT2D eigenvalue weighted by Gasteiger charge is -2.50. The van der Waals surface area contributed by atoms with Gasteiger partial charge >= 0.3 is 0 Å². The second-order valence-corrected chi connectivity index (χ2v) is 8.41. The molecule has 3 heterocycles. The number of likely N-dealkylation sites (tertiary alicyclic amines) is 2. The smallest absolute Gasteiger partial charge is 0.270 e. The predicted molar refractivity (Wildman–Crippen MR) is 104 cm³/mol. The standard InChI is InChI=1S/C20H26ClN3O2/c1-22-10-7-17(25)20(12-22)8-4-9-24(13-20)19(26)16-11-14-5-3-6-15(21)18(14)23(16)2/h3,5-6,11,17,25H,4,7-10,12-13H2,1-2H3/t17-,20-/m0/s1. The highest BCUT2D eigenvalue weighted by Crippen LogP contribution is 2.39. The summed E-state index contributed by atoms with van der Waals surface area (Å²) in [6.45, 7) is 3.12. The zero-order chi connectivity index (χ0) is 18.5. The molecule has 1 aromatic carbocycles. The first kappa shape index (κ1) is 17.8. The molecule has 1 N–H and O–H groups in total. The van der Waals surface area contributed by atoms with Gasteiger partial charge in [-0.15, -0.1) is 0 Å². The van der Waals surface area contributed by atoms with E-state index in [4.69, 9.17) is 11.6 Å². The van der Waals surface area contributed by atoms with Crippen molar-refractivity contribution in [1.82, 2.24) is 14.4 Å². The Morgan fingerprint density at radius 3 is 2.85 bits per heavy atom. The van der Waals surface area contributed by atoms with E-state index in [1.54, 1.807) is 0 Å². The first-order valence-electron chi connectivity index (χ1n) is 9.31. The van der Waals surface area contributed by atoms with Gasteiger partial charge in [0.2, 0.25) is 0 Å². The summed E-state index contributed by atoms with van der Waals surface area (Å²) in [5, 5.41) is 12.3. The summed E-state index contributed by atoms with van der Waals surface area (Å²) in [7, 11) is 3.99. The molecule has 0 unspecified atom stereocenters. The maximum Gasteiger partial charge on any atom is 0.270 e. The second kappa shape index (κ2) is 6.55. The number of fused-ring (bicyclic) bond motifs is 1. The van der Waals surface area contributed by atoms with Crippen LogP contribution in [0.5, 0.6) is 0 Å². The topological polar surface area (TPSA) is 48.7 Å². The molecular weight excluding hydrogens is 350 g/mol. The van der Waals surface area contributed by atoms with Crippen LogP contribution in [0.2, 0.25) is 5.02 Å². The number of aliphatic hydroxyl groups is 1. The van der Waals surface area contributed by atoms with Crippen LogP contribution < -0.4 is 0 Å². The Bertz CT molecular complexity index is 849. The van der Waals surface area contributed by atoms with E-state index in [-0.39, 0.29) is 17.4 Å². The number of carbonyl (C=O) groups is 1. The first-order chi connectivity index (χ1) is 12.4. The number of aliphatic hydroxyl groups excluding tert-OH is 1. The number of rotatable bonds is 1. The fraction of sp³-hybridized carbons (Fsp3) is 0.550. The average molecular weight is 376 g/mol. The number of carbonyl (C=O) groups excluding carboxylic acids is 1. The van der Waals surface area contributed by atoms with Crippen LogP contribution >= 0.6 is 11.6 Å². The molecule has 0 bridgehead atoms. The molecule has 0 saturated carbocycles. The maximum atomic E-state index is 13.3. The number of hydrogen-bond acceptors (Lipinski definition) is 3. The van der Waals surface area contributed by atoms with Crippen LogP contribution in [0.15, 0.2) is 24.3 Å². The van der Waals surface area contributed by atoms with Gasteiger partial charge in [-0.3, -0.25) is 4.79 Å². The largest absolute Gasteiger partial charge is 0.392 e. The van der Waals surface area contributed by atoms with Crippen LogP contribution in [-0.2, 0) is 7.05 Å². The van der Waals surface area contributed by atoms with E-state index >= 15 is 0 Å². The SMILES string of the molecule is CN1CC[C@H](O)[C@@]2(CCCN(C(=O)c3cc4cccc(Cl)c4n3C)C2)C1. The summed E-state index contributed by atoms with van der Waals surface area (Å²) in [5.41, 5.74) is 1.34. The van der Waals surface area contributed by atoms with Gasteiger partial charge in [-0.2, -0.15) is 0 Å². The number of para-hydroxylation sites is 1. The lowest BCUT2D eigenvalue weighted by atomic mass is 9.71. The average Bonchev–Trinajstić information content (AvgIpc) is 2.96. The van der Waals surface area contributed by atoms with E-state index in [0.717, 1.165) is 49.8 Å². The fourth-order valence-corrected chi connectivity index (χ4v) is 5.15. The van der Waals surface area contributed by atoms with Crippen molar-refractivity contribution in [2.75, 3.05) is 33.2 Å². The number of halogens is 1. The van der Waals surface area contributed by atoms with Crippen LogP contribution in [0.1, 0.15) is 29.8 Å². The molecule has 2 atom stereocenters. The molecule has 2 saturated heterocycles. The number of piperidine rings is 2. The van der Waals surface area contributed by atoms with Crippen molar-refractivity contribution in [2.24, 2.45) is 12.5 Å². The third-order valence-electron chi connectivity index (χ3n) is 6.20. The lowest BCUT2D eigenvalue weighted by Crippen LogP contribution is -2.59. The van der Waals surface area contributed by atoms with E-state index in [1.165, 1.54) is 0 Å². The van der Waals surface area contributed by atoms with Crippen molar-refractivity contribution in [3.05, 3.63) is 35.0 Å². The van der Waals surface area contributed by atoms with Gasteiger partial charge in [0.15, 0.2) is 0 Å². The molecule has 2 aliphatic heterocycles. The summed E-state index contributed by atoms with van der Waals surface area (Å²) in [6.07, 6.45) is 2.35.